The topological polar surface area (TPSA) is 42.3 Å². The molecule has 72 valence electrons. The fourth-order valence-electron chi connectivity index (χ4n) is 1.21. The van der Waals surface area contributed by atoms with Crippen molar-refractivity contribution in [3.63, 3.8) is 0 Å². The van der Waals surface area contributed by atoms with Crippen molar-refractivity contribution in [3.8, 4) is 0 Å². The Hall–Kier alpha value is -0.460. The van der Waals surface area contributed by atoms with Gasteiger partial charge in [-0.05, 0) is 12.1 Å². The molecule has 0 bridgehead atoms. The lowest BCUT2D eigenvalue weighted by Crippen LogP contribution is -2.52. The van der Waals surface area contributed by atoms with Crippen molar-refractivity contribution in [2.75, 3.05) is 13.1 Å². The van der Waals surface area contributed by atoms with Crippen LogP contribution in [0.1, 0.15) is 0 Å². The first-order valence-corrected chi connectivity index (χ1v) is 5.84. The molecule has 6 heteroatoms. The van der Waals surface area contributed by atoms with Gasteiger partial charge in [0.25, 0.3) is 0 Å². The van der Waals surface area contributed by atoms with Gasteiger partial charge in [-0.1, -0.05) is 0 Å². The number of aromatic nitrogens is 1. The van der Waals surface area contributed by atoms with Crippen LogP contribution in [0, 0.1) is 0 Å². The molecule has 0 amide bonds. The van der Waals surface area contributed by atoms with Crippen LogP contribution in [0.4, 0.5) is 0 Å². The predicted octanol–water partition coefficient (Wildman–Crippen LogP) is 0.195. The maximum absolute atomic E-state index is 11.7. The van der Waals surface area contributed by atoms with E-state index in [4.69, 9.17) is 0 Å². The summed E-state index contributed by atoms with van der Waals surface area (Å²) >= 11 is 4.16. The molecule has 0 spiro atoms. The predicted molar refractivity (Wildman–Crippen MR) is 53.1 cm³/mol. The molecule has 13 heavy (non-hydrogen) atoms. The van der Waals surface area contributed by atoms with E-state index in [1.807, 2.05) is 0 Å². The van der Waals surface area contributed by atoms with Crippen molar-refractivity contribution in [2.24, 2.45) is 0 Å². The average Bonchev–Trinajstić information content (AvgIpc) is 2.50. The molecule has 2 rings (SSSR count). The van der Waals surface area contributed by atoms with Crippen LogP contribution in [0.3, 0.4) is 0 Å². The molecule has 0 aromatic carbocycles. The summed E-state index contributed by atoms with van der Waals surface area (Å²) in [5, 5.41) is 0.185. The summed E-state index contributed by atoms with van der Waals surface area (Å²) in [7, 11) is -3.29. The van der Waals surface area contributed by atoms with E-state index in [0.29, 0.717) is 13.1 Å². The van der Waals surface area contributed by atoms with Gasteiger partial charge in [0.05, 0.1) is 0 Å². The van der Waals surface area contributed by atoms with Crippen LogP contribution in [0.2, 0.25) is 0 Å². The monoisotopic (exact) mass is 218 g/mol. The van der Waals surface area contributed by atoms with Crippen molar-refractivity contribution in [2.45, 2.75) is 5.25 Å². The van der Waals surface area contributed by atoms with E-state index in [1.54, 1.807) is 12.1 Å². The highest BCUT2D eigenvalue weighted by atomic mass is 32.2. The van der Waals surface area contributed by atoms with E-state index in [-0.39, 0.29) is 5.25 Å². The standard InChI is InChI=1S/C7H10N2O2S2/c10-13(11,8-3-1-2-4-8)9-5-7(12)6-9/h1-4,7,12H,5-6H2. The Morgan fingerprint density at radius 2 is 1.77 bits per heavy atom. The molecule has 0 N–H and O–H groups in total. The lowest BCUT2D eigenvalue weighted by atomic mass is 10.3. The highest BCUT2D eigenvalue weighted by molar-refractivity contribution is 7.88. The van der Waals surface area contributed by atoms with Gasteiger partial charge in [-0.25, -0.2) is 3.97 Å². The summed E-state index contributed by atoms with van der Waals surface area (Å²) < 4.78 is 26.0. The van der Waals surface area contributed by atoms with Crippen molar-refractivity contribution < 1.29 is 8.42 Å². The Bertz CT molecular complexity index is 379. The molecule has 0 radical (unpaired) electrons. The van der Waals surface area contributed by atoms with Gasteiger partial charge in [0.1, 0.15) is 0 Å². The lowest BCUT2D eigenvalue weighted by Gasteiger charge is -2.34. The Morgan fingerprint density at radius 1 is 1.23 bits per heavy atom. The first-order valence-electron chi connectivity index (χ1n) is 3.92. The van der Waals surface area contributed by atoms with E-state index in [1.165, 1.54) is 20.7 Å². The van der Waals surface area contributed by atoms with Crippen LogP contribution in [-0.2, 0) is 10.2 Å². The smallest absolute Gasteiger partial charge is 0.240 e. The Kier molecular flexibility index (Phi) is 2.13. The van der Waals surface area contributed by atoms with Crippen LogP contribution >= 0.6 is 12.6 Å². The molecule has 0 saturated carbocycles. The summed E-state index contributed by atoms with van der Waals surface area (Å²) in [5.74, 6) is 0. The van der Waals surface area contributed by atoms with Crippen molar-refractivity contribution >= 4 is 22.8 Å². The minimum Gasteiger partial charge on any atom is -0.240 e. The van der Waals surface area contributed by atoms with Gasteiger partial charge in [0.2, 0.25) is 0 Å². The summed E-state index contributed by atoms with van der Waals surface area (Å²) in [5.41, 5.74) is 0. The van der Waals surface area contributed by atoms with Crippen molar-refractivity contribution in [3.05, 3.63) is 24.5 Å². The first kappa shape index (κ1) is 9.11. The third kappa shape index (κ3) is 1.49. The number of hydrogen-bond donors (Lipinski definition) is 1. The van der Waals surface area contributed by atoms with Crippen LogP contribution in [-0.4, -0.2) is 35.0 Å². The Morgan fingerprint density at radius 3 is 2.23 bits per heavy atom. The highest BCUT2D eigenvalue weighted by Gasteiger charge is 2.34. The van der Waals surface area contributed by atoms with Gasteiger partial charge in [-0.15, -0.1) is 0 Å². The summed E-state index contributed by atoms with van der Waals surface area (Å²) in [6.45, 7) is 1.01. The second kappa shape index (κ2) is 3.04. The van der Waals surface area contributed by atoms with Gasteiger partial charge in [0, 0.05) is 30.7 Å². The van der Waals surface area contributed by atoms with E-state index in [2.05, 4.69) is 12.6 Å². The van der Waals surface area contributed by atoms with Gasteiger partial charge < -0.3 is 0 Å². The molecular weight excluding hydrogens is 208 g/mol. The molecule has 1 aliphatic heterocycles. The molecule has 1 saturated heterocycles. The zero-order valence-electron chi connectivity index (χ0n) is 6.87. The zero-order valence-corrected chi connectivity index (χ0v) is 8.58. The molecule has 1 aliphatic rings. The fourth-order valence-corrected chi connectivity index (χ4v) is 3.28. The number of rotatable bonds is 2. The molecule has 4 nitrogen and oxygen atoms in total. The van der Waals surface area contributed by atoms with Gasteiger partial charge in [-0.2, -0.15) is 25.4 Å². The minimum absolute atomic E-state index is 0.185. The minimum atomic E-state index is -3.29. The van der Waals surface area contributed by atoms with Crippen LogP contribution in [0.25, 0.3) is 0 Å². The normalized spacial score (nSPS) is 20.1. The van der Waals surface area contributed by atoms with Crippen molar-refractivity contribution in [1.82, 2.24) is 8.28 Å². The molecule has 0 unspecified atom stereocenters. The second-order valence-corrected chi connectivity index (χ2v) is 5.56. The van der Waals surface area contributed by atoms with Crippen molar-refractivity contribution in [1.29, 1.82) is 0 Å². The fraction of sp³-hybridized carbons (Fsp3) is 0.429. The molecule has 1 fully saturated rings. The number of nitrogens with zero attached hydrogens (tertiary/aromatic N) is 2. The molecular formula is C7H10N2O2S2. The first-order chi connectivity index (χ1) is 6.10. The molecule has 0 aliphatic carbocycles. The second-order valence-electron chi connectivity index (χ2n) is 2.99. The molecule has 1 aromatic rings. The number of hydrogen-bond acceptors (Lipinski definition) is 3. The Balaban J connectivity index is 2.23. The van der Waals surface area contributed by atoms with Gasteiger partial charge in [-0.3, -0.25) is 0 Å². The van der Waals surface area contributed by atoms with E-state index in [9.17, 15) is 8.42 Å². The van der Waals surface area contributed by atoms with E-state index >= 15 is 0 Å². The molecule has 0 atom stereocenters. The van der Waals surface area contributed by atoms with Crippen LogP contribution < -0.4 is 0 Å². The maximum Gasteiger partial charge on any atom is 0.307 e. The van der Waals surface area contributed by atoms with E-state index < -0.39 is 10.2 Å². The quantitative estimate of drug-likeness (QED) is 0.720. The SMILES string of the molecule is O=S(=O)(N1CC(S)C1)n1cccc1. The third-order valence-corrected chi connectivity index (χ3v) is 4.05. The number of thiol groups is 1. The van der Waals surface area contributed by atoms with Crippen LogP contribution in [0.15, 0.2) is 24.5 Å². The largest absolute Gasteiger partial charge is 0.307 e. The van der Waals surface area contributed by atoms with Crippen LogP contribution in [0.5, 0.6) is 0 Å². The Labute approximate surface area is 82.8 Å². The summed E-state index contributed by atoms with van der Waals surface area (Å²) in [6, 6.07) is 3.38. The zero-order chi connectivity index (χ0) is 9.47. The lowest BCUT2D eigenvalue weighted by molar-refractivity contribution is 0.318. The van der Waals surface area contributed by atoms with Gasteiger partial charge in [0.15, 0.2) is 0 Å². The average molecular weight is 218 g/mol. The maximum atomic E-state index is 11.7. The summed E-state index contributed by atoms with van der Waals surface area (Å²) in [6.07, 6.45) is 3.06. The molecule has 1 aromatic heterocycles. The molecule has 2 heterocycles. The summed E-state index contributed by atoms with van der Waals surface area (Å²) in [4.78, 5) is 0. The third-order valence-electron chi connectivity index (χ3n) is 2.00. The van der Waals surface area contributed by atoms with Gasteiger partial charge >= 0.3 is 10.2 Å². The van der Waals surface area contributed by atoms with E-state index in [0.717, 1.165) is 0 Å². The highest BCUT2D eigenvalue weighted by Crippen LogP contribution is 2.19.